The average molecular weight is 253 g/mol. The van der Waals surface area contributed by atoms with Crippen LogP contribution in [0.5, 0.6) is 0 Å². The number of hydrogen-bond acceptors (Lipinski definition) is 3. The van der Waals surface area contributed by atoms with Gasteiger partial charge in [-0.2, -0.15) is 0 Å². The fourth-order valence-corrected chi connectivity index (χ4v) is 2.35. The standard InChI is InChI=1S/C15H15N3O/c1-18-9-12-2-3-14(8-13(12)10-18)17-15(19)11-4-6-16-7-5-11/h2-8H,9-10H2,1H3,(H,17,19). The SMILES string of the molecule is CN1Cc2ccc(NC(=O)c3ccncc3)cc2C1. The molecule has 2 aromatic rings. The van der Waals surface area contributed by atoms with Crippen LogP contribution in [-0.2, 0) is 13.1 Å². The monoisotopic (exact) mass is 253 g/mol. The van der Waals surface area contributed by atoms with Gasteiger partial charge in [0.1, 0.15) is 0 Å². The zero-order valence-electron chi connectivity index (χ0n) is 10.8. The molecule has 1 amide bonds. The molecule has 4 nitrogen and oxygen atoms in total. The number of amides is 1. The van der Waals surface area contributed by atoms with Crippen molar-refractivity contribution in [2.75, 3.05) is 12.4 Å². The van der Waals surface area contributed by atoms with E-state index in [1.807, 2.05) is 6.07 Å². The number of pyridine rings is 1. The largest absolute Gasteiger partial charge is 0.322 e. The molecule has 1 N–H and O–H groups in total. The lowest BCUT2D eigenvalue weighted by molar-refractivity contribution is 0.102. The van der Waals surface area contributed by atoms with Gasteiger partial charge in [-0.05, 0) is 42.4 Å². The van der Waals surface area contributed by atoms with Crippen molar-refractivity contribution in [2.45, 2.75) is 13.1 Å². The highest BCUT2D eigenvalue weighted by Gasteiger charge is 2.16. The second kappa shape index (κ2) is 4.82. The van der Waals surface area contributed by atoms with Crippen molar-refractivity contribution < 1.29 is 4.79 Å². The summed E-state index contributed by atoms with van der Waals surface area (Å²) < 4.78 is 0. The van der Waals surface area contributed by atoms with Gasteiger partial charge in [0.15, 0.2) is 0 Å². The molecule has 0 atom stereocenters. The van der Waals surface area contributed by atoms with Gasteiger partial charge in [-0.1, -0.05) is 6.07 Å². The molecule has 0 unspecified atom stereocenters. The Morgan fingerprint density at radius 1 is 1.16 bits per heavy atom. The van der Waals surface area contributed by atoms with E-state index in [1.54, 1.807) is 24.5 Å². The van der Waals surface area contributed by atoms with Gasteiger partial charge in [0, 0.05) is 36.7 Å². The van der Waals surface area contributed by atoms with Crippen LogP contribution in [0.3, 0.4) is 0 Å². The highest BCUT2D eigenvalue weighted by atomic mass is 16.1. The fourth-order valence-electron chi connectivity index (χ4n) is 2.35. The first kappa shape index (κ1) is 11.9. The normalized spacial score (nSPS) is 14.2. The molecule has 0 bridgehead atoms. The summed E-state index contributed by atoms with van der Waals surface area (Å²) in [7, 11) is 2.09. The Morgan fingerprint density at radius 3 is 2.68 bits per heavy atom. The molecule has 1 aliphatic heterocycles. The van der Waals surface area contributed by atoms with Crippen LogP contribution in [0.1, 0.15) is 21.5 Å². The van der Waals surface area contributed by atoms with Gasteiger partial charge in [-0.3, -0.25) is 14.7 Å². The molecule has 1 aliphatic rings. The van der Waals surface area contributed by atoms with E-state index in [2.05, 4.69) is 34.4 Å². The first-order valence-electron chi connectivity index (χ1n) is 6.24. The van der Waals surface area contributed by atoms with Crippen molar-refractivity contribution in [3.05, 3.63) is 59.4 Å². The molecule has 96 valence electrons. The highest BCUT2D eigenvalue weighted by molar-refractivity contribution is 6.04. The molecule has 0 saturated heterocycles. The van der Waals surface area contributed by atoms with Crippen molar-refractivity contribution in [3.63, 3.8) is 0 Å². The summed E-state index contributed by atoms with van der Waals surface area (Å²) in [6.07, 6.45) is 3.24. The molecule has 0 saturated carbocycles. The summed E-state index contributed by atoms with van der Waals surface area (Å²) >= 11 is 0. The molecule has 0 spiro atoms. The van der Waals surface area contributed by atoms with Gasteiger partial charge in [0.2, 0.25) is 0 Å². The molecule has 2 heterocycles. The molecule has 4 heteroatoms. The lowest BCUT2D eigenvalue weighted by Gasteiger charge is -2.07. The van der Waals surface area contributed by atoms with Crippen molar-refractivity contribution in [3.8, 4) is 0 Å². The minimum Gasteiger partial charge on any atom is -0.322 e. The van der Waals surface area contributed by atoms with E-state index in [9.17, 15) is 4.79 Å². The van der Waals surface area contributed by atoms with Crippen LogP contribution in [0.15, 0.2) is 42.7 Å². The third-order valence-electron chi connectivity index (χ3n) is 3.29. The highest BCUT2D eigenvalue weighted by Crippen LogP contribution is 2.24. The van der Waals surface area contributed by atoms with Crippen molar-refractivity contribution in [2.24, 2.45) is 0 Å². The third-order valence-corrected chi connectivity index (χ3v) is 3.29. The summed E-state index contributed by atoms with van der Waals surface area (Å²) in [4.78, 5) is 18.2. The summed E-state index contributed by atoms with van der Waals surface area (Å²) in [6, 6.07) is 9.50. The van der Waals surface area contributed by atoms with Gasteiger partial charge in [0.05, 0.1) is 0 Å². The van der Waals surface area contributed by atoms with Crippen LogP contribution in [0, 0.1) is 0 Å². The Hall–Kier alpha value is -2.20. The molecule has 1 aromatic heterocycles. The number of benzene rings is 1. The Kier molecular flexibility index (Phi) is 3.01. The molecule has 1 aromatic carbocycles. The van der Waals surface area contributed by atoms with Gasteiger partial charge in [-0.25, -0.2) is 0 Å². The van der Waals surface area contributed by atoms with Crippen LogP contribution >= 0.6 is 0 Å². The van der Waals surface area contributed by atoms with Crippen molar-refractivity contribution in [1.29, 1.82) is 0 Å². The molecule has 0 fully saturated rings. The molecular weight excluding hydrogens is 238 g/mol. The number of rotatable bonds is 2. The summed E-state index contributed by atoms with van der Waals surface area (Å²) in [5, 5.41) is 2.92. The number of hydrogen-bond donors (Lipinski definition) is 1. The van der Waals surface area contributed by atoms with E-state index >= 15 is 0 Å². The summed E-state index contributed by atoms with van der Waals surface area (Å²) in [6.45, 7) is 1.92. The Labute approximate surface area is 112 Å². The summed E-state index contributed by atoms with van der Waals surface area (Å²) in [5.41, 5.74) is 4.09. The van der Waals surface area contributed by atoms with Gasteiger partial charge < -0.3 is 5.32 Å². The maximum absolute atomic E-state index is 12.0. The first-order valence-corrected chi connectivity index (χ1v) is 6.24. The van der Waals surface area contributed by atoms with Crippen LogP contribution in [0.2, 0.25) is 0 Å². The van der Waals surface area contributed by atoms with E-state index in [-0.39, 0.29) is 5.91 Å². The van der Waals surface area contributed by atoms with Crippen LogP contribution in [0.25, 0.3) is 0 Å². The Bertz CT molecular complexity index is 610. The van der Waals surface area contributed by atoms with E-state index < -0.39 is 0 Å². The van der Waals surface area contributed by atoms with Gasteiger partial charge in [0.25, 0.3) is 5.91 Å². The molecule has 19 heavy (non-hydrogen) atoms. The zero-order chi connectivity index (χ0) is 13.2. The van der Waals surface area contributed by atoms with Gasteiger partial charge in [-0.15, -0.1) is 0 Å². The minimum atomic E-state index is -0.103. The zero-order valence-corrected chi connectivity index (χ0v) is 10.8. The quantitative estimate of drug-likeness (QED) is 0.893. The van der Waals surface area contributed by atoms with Crippen LogP contribution in [-0.4, -0.2) is 22.8 Å². The van der Waals surface area contributed by atoms with Gasteiger partial charge >= 0.3 is 0 Å². The number of nitrogens with zero attached hydrogens (tertiary/aromatic N) is 2. The predicted molar refractivity (Wildman–Crippen MR) is 73.8 cm³/mol. The number of nitrogens with one attached hydrogen (secondary N) is 1. The number of anilines is 1. The summed E-state index contributed by atoms with van der Waals surface area (Å²) in [5.74, 6) is -0.103. The smallest absolute Gasteiger partial charge is 0.255 e. The maximum Gasteiger partial charge on any atom is 0.255 e. The second-order valence-electron chi connectivity index (χ2n) is 4.85. The molecule has 0 aliphatic carbocycles. The van der Waals surface area contributed by atoms with E-state index in [0.717, 1.165) is 18.8 Å². The Balaban J connectivity index is 1.78. The molecule has 0 radical (unpaired) electrons. The lowest BCUT2D eigenvalue weighted by Crippen LogP contribution is -2.12. The predicted octanol–water partition coefficient (Wildman–Crippen LogP) is 2.28. The van der Waals surface area contributed by atoms with Crippen LogP contribution in [0.4, 0.5) is 5.69 Å². The molecular formula is C15H15N3O. The van der Waals surface area contributed by atoms with E-state index in [4.69, 9.17) is 0 Å². The Morgan fingerprint density at radius 2 is 1.89 bits per heavy atom. The van der Waals surface area contributed by atoms with Crippen LogP contribution < -0.4 is 5.32 Å². The van der Waals surface area contributed by atoms with Crippen molar-refractivity contribution in [1.82, 2.24) is 9.88 Å². The maximum atomic E-state index is 12.0. The average Bonchev–Trinajstić information content (AvgIpc) is 2.79. The van der Waals surface area contributed by atoms with E-state index in [1.165, 1.54) is 11.1 Å². The fraction of sp³-hybridized carbons (Fsp3) is 0.200. The van der Waals surface area contributed by atoms with E-state index in [0.29, 0.717) is 5.56 Å². The first-order chi connectivity index (χ1) is 9.22. The van der Waals surface area contributed by atoms with Crippen molar-refractivity contribution >= 4 is 11.6 Å². The lowest BCUT2D eigenvalue weighted by atomic mass is 10.1. The molecule has 3 rings (SSSR count). The number of aromatic nitrogens is 1. The number of fused-ring (bicyclic) bond motifs is 1. The number of carbonyl (C=O) groups is 1. The minimum absolute atomic E-state index is 0.103. The second-order valence-corrected chi connectivity index (χ2v) is 4.85. The third kappa shape index (κ3) is 2.48. The topological polar surface area (TPSA) is 45.2 Å². The number of carbonyl (C=O) groups excluding carboxylic acids is 1.